The number of amides is 1. The second-order valence-corrected chi connectivity index (χ2v) is 9.91. The Labute approximate surface area is 201 Å². The van der Waals surface area contributed by atoms with Gasteiger partial charge < -0.3 is 10.1 Å². The molecule has 0 aliphatic rings. The highest BCUT2D eigenvalue weighted by molar-refractivity contribution is 7.89. The lowest BCUT2D eigenvalue weighted by Gasteiger charge is -2.23. The first-order valence-corrected chi connectivity index (χ1v) is 11.9. The van der Waals surface area contributed by atoms with E-state index in [0.717, 1.165) is 4.31 Å². The zero-order chi connectivity index (χ0) is 23.3. The van der Waals surface area contributed by atoms with Gasteiger partial charge in [-0.15, -0.1) is 0 Å². The van der Waals surface area contributed by atoms with E-state index in [-0.39, 0.29) is 21.5 Å². The zero-order valence-corrected chi connectivity index (χ0v) is 20.0. The summed E-state index contributed by atoms with van der Waals surface area (Å²) in [4.78, 5) is 12.7. The van der Waals surface area contributed by atoms with Crippen LogP contribution in [0.1, 0.15) is 5.56 Å². The second kappa shape index (κ2) is 10.6. The summed E-state index contributed by atoms with van der Waals surface area (Å²) < 4.78 is 33.1. The molecule has 0 heterocycles. The van der Waals surface area contributed by atoms with E-state index in [2.05, 4.69) is 5.32 Å². The summed E-state index contributed by atoms with van der Waals surface area (Å²) in [7, 11) is -2.71. The van der Waals surface area contributed by atoms with Crippen LogP contribution in [0.25, 0.3) is 0 Å². The number of rotatable bonds is 8. The first-order valence-electron chi connectivity index (χ1n) is 9.33. The summed E-state index contributed by atoms with van der Waals surface area (Å²) in [6, 6.07) is 17.8. The summed E-state index contributed by atoms with van der Waals surface area (Å²) >= 11 is 18.2. The molecule has 0 spiro atoms. The smallest absolute Gasteiger partial charge is 0.245 e. The molecule has 1 N–H and O–H groups in total. The monoisotopic (exact) mass is 512 g/mol. The van der Waals surface area contributed by atoms with Gasteiger partial charge in [0.05, 0.1) is 24.4 Å². The van der Waals surface area contributed by atoms with Crippen LogP contribution in [0.2, 0.25) is 15.1 Å². The third kappa shape index (κ3) is 5.94. The van der Waals surface area contributed by atoms with Crippen LogP contribution in [0.4, 0.5) is 5.69 Å². The van der Waals surface area contributed by atoms with Crippen LogP contribution in [-0.2, 0) is 21.4 Å². The Bertz CT molecular complexity index is 1220. The van der Waals surface area contributed by atoms with Crippen LogP contribution in [-0.4, -0.2) is 32.3 Å². The molecule has 32 heavy (non-hydrogen) atoms. The van der Waals surface area contributed by atoms with Crippen molar-refractivity contribution in [1.29, 1.82) is 0 Å². The number of methoxy groups -OCH3 is 1. The quantitative estimate of drug-likeness (QED) is 0.432. The highest BCUT2D eigenvalue weighted by Gasteiger charge is 2.29. The Hall–Kier alpha value is -2.29. The lowest BCUT2D eigenvalue weighted by Crippen LogP contribution is -2.37. The average Bonchev–Trinajstić information content (AvgIpc) is 2.75. The Morgan fingerprint density at radius 1 is 0.969 bits per heavy atom. The lowest BCUT2D eigenvalue weighted by atomic mass is 10.2. The minimum atomic E-state index is -4.16. The molecule has 0 aliphatic carbocycles. The number of ether oxygens (including phenoxy) is 1. The Kier molecular flexibility index (Phi) is 8.03. The molecule has 0 fully saturated rings. The standard InChI is InChI=1S/C22H19Cl3N2O4S/c1-31-20-10-8-16(23)11-19(20)26-22(28)14-27(13-15-5-3-2-4-6-15)32(29,30)21-12-17(24)7-9-18(21)25/h2-12H,13-14H2,1H3,(H,26,28). The maximum absolute atomic E-state index is 13.4. The van der Waals surface area contributed by atoms with Crippen LogP contribution in [0.5, 0.6) is 5.75 Å². The predicted molar refractivity (Wildman–Crippen MR) is 127 cm³/mol. The van der Waals surface area contributed by atoms with Crippen LogP contribution in [0.15, 0.2) is 71.6 Å². The molecule has 0 radical (unpaired) electrons. The molecule has 3 aromatic rings. The molecule has 0 unspecified atom stereocenters. The van der Waals surface area contributed by atoms with E-state index in [1.54, 1.807) is 36.4 Å². The highest BCUT2D eigenvalue weighted by atomic mass is 35.5. The summed E-state index contributed by atoms with van der Waals surface area (Å²) in [5.41, 5.74) is 1.02. The first-order chi connectivity index (χ1) is 15.2. The van der Waals surface area contributed by atoms with Crippen molar-refractivity contribution in [3.63, 3.8) is 0 Å². The van der Waals surface area contributed by atoms with Gasteiger partial charge in [-0.3, -0.25) is 4.79 Å². The van der Waals surface area contributed by atoms with E-state index in [0.29, 0.717) is 22.0 Å². The van der Waals surface area contributed by atoms with E-state index >= 15 is 0 Å². The van der Waals surface area contributed by atoms with E-state index < -0.39 is 22.5 Å². The van der Waals surface area contributed by atoms with Crippen LogP contribution >= 0.6 is 34.8 Å². The third-order valence-electron chi connectivity index (χ3n) is 4.47. The topological polar surface area (TPSA) is 75.7 Å². The SMILES string of the molecule is COc1ccc(Cl)cc1NC(=O)CN(Cc1ccccc1)S(=O)(=O)c1cc(Cl)ccc1Cl. The van der Waals surface area contributed by atoms with Gasteiger partial charge in [-0.2, -0.15) is 4.31 Å². The number of carbonyl (C=O) groups is 1. The molecule has 3 rings (SSSR count). The largest absolute Gasteiger partial charge is 0.495 e. The fraction of sp³-hybridized carbons (Fsp3) is 0.136. The summed E-state index contributed by atoms with van der Waals surface area (Å²) in [6.45, 7) is -0.526. The summed E-state index contributed by atoms with van der Waals surface area (Å²) in [6.07, 6.45) is 0. The molecular formula is C22H19Cl3N2O4S. The van der Waals surface area contributed by atoms with Gasteiger partial charge in [0, 0.05) is 16.6 Å². The number of anilines is 1. The van der Waals surface area contributed by atoms with Crippen molar-refractivity contribution >= 4 is 56.4 Å². The number of sulfonamides is 1. The van der Waals surface area contributed by atoms with Crippen molar-refractivity contribution in [3.8, 4) is 5.75 Å². The van der Waals surface area contributed by atoms with Gasteiger partial charge in [0.1, 0.15) is 10.6 Å². The van der Waals surface area contributed by atoms with Crippen molar-refractivity contribution in [2.24, 2.45) is 0 Å². The molecule has 0 bridgehead atoms. The summed E-state index contributed by atoms with van der Waals surface area (Å²) in [5, 5.41) is 3.26. The Balaban J connectivity index is 1.94. The minimum absolute atomic E-state index is 0.00406. The van der Waals surface area contributed by atoms with Crippen molar-refractivity contribution in [1.82, 2.24) is 4.31 Å². The third-order valence-corrected chi connectivity index (χ3v) is 7.21. The van der Waals surface area contributed by atoms with Gasteiger partial charge in [-0.25, -0.2) is 8.42 Å². The van der Waals surface area contributed by atoms with Gasteiger partial charge in [0.15, 0.2) is 0 Å². The molecular weight excluding hydrogens is 495 g/mol. The van der Waals surface area contributed by atoms with Crippen molar-refractivity contribution in [2.75, 3.05) is 19.0 Å². The maximum Gasteiger partial charge on any atom is 0.245 e. The van der Waals surface area contributed by atoms with Gasteiger partial charge in [0.25, 0.3) is 0 Å². The molecule has 10 heteroatoms. The number of nitrogens with zero attached hydrogens (tertiary/aromatic N) is 1. The van der Waals surface area contributed by atoms with Gasteiger partial charge in [0.2, 0.25) is 15.9 Å². The zero-order valence-electron chi connectivity index (χ0n) is 16.9. The number of benzene rings is 3. The summed E-state index contributed by atoms with van der Waals surface area (Å²) in [5.74, 6) is -0.193. The van der Waals surface area contributed by atoms with E-state index in [9.17, 15) is 13.2 Å². The predicted octanol–water partition coefficient (Wildman–Crippen LogP) is 5.49. The molecule has 168 valence electrons. The maximum atomic E-state index is 13.4. The van der Waals surface area contributed by atoms with Crippen molar-refractivity contribution in [3.05, 3.63) is 87.4 Å². The van der Waals surface area contributed by atoms with Crippen molar-refractivity contribution in [2.45, 2.75) is 11.4 Å². The molecule has 0 aromatic heterocycles. The molecule has 3 aromatic carbocycles. The van der Waals surface area contributed by atoms with E-state index in [1.165, 1.54) is 31.4 Å². The van der Waals surface area contributed by atoms with Crippen LogP contribution in [0.3, 0.4) is 0 Å². The number of carbonyl (C=O) groups excluding carboxylic acids is 1. The highest BCUT2D eigenvalue weighted by Crippen LogP contribution is 2.30. The lowest BCUT2D eigenvalue weighted by molar-refractivity contribution is -0.116. The Morgan fingerprint density at radius 3 is 2.31 bits per heavy atom. The van der Waals surface area contributed by atoms with E-state index in [1.807, 2.05) is 6.07 Å². The molecule has 0 saturated heterocycles. The second-order valence-electron chi connectivity index (χ2n) is 6.73. The fourth-order valence-corrected chi connectivity index (χ4v) is 5.25. The molecule has 0 aliphatic heterocycles. The molecule has 1 amide bonds. The van der Waals surface area contributed by atoms with Crippen LogP contribution < -0.4 is 10.1 Å². The number of nitrogens with one attached hydrogen (secondary N) is 1. The van der Waals surface area contributed by atoms with Gasteiger partial charge in [-0.1, -0.05) is 65.1 Å². The average molecular weight is 514 g/mol. The van der Waals surface area contributed by atoms with E-state index in [4.69, 9.17) is 39.5 Å². The fourth-order valence-electron chi connectivity index (χ4n) is 2.95. The number of hydrogen-bond acceptors (Lipinski definition) is 4. The first kappa shape index (κ1) is 24.4. The van der Waals surface area contributed by atoms with Crippen molar-refractivity contribution < 1.29 is 17.9 Å². The number of halogens is 3. The normalized spacial score (nSPS) is 11.4. The van der Waals surface area contributed by atoms with Gasteiger partial charge in [-0.05, 0) is 42.0 Å². The molecule has 6 nitrogen and oxygen atoms in total. The Morgan fingerprint density at radius 2 is 1.62 bits per heavy atom. The molecule has 0 atom stereocenters. The van der Waals surface area contributed by atoms with Gasteiger partial charge >= 0.3 is 0 Å². The van der Waals surface area contributed by atoms with Crippen LogP contribution in [0, 0.1) is 0 Å². The molecule has 0 saturated carbocycles. The minimum Gasteiger partial charge on any atom is -0.495 e. The number of hydrogen-bond donors (Lipinski definition) is 1.